The Labute approximate surface area is 215 Å². The minimum atomic E-state index is -0.759. The highest BCUT2D eigenvalue weighted by Crippen LogP contribution is 2.28. The number of carbonyl (C=O) groups excluding carboxylic acids is 2. The van der Waals surface area contributed by atoms with Gasteiger partial charge >= 0.3 is 24.1 Å². The van der Waals surface area contributed by atoms with Gasteiger partial charge in [-0.3, -0.25) is 9.59 Å². The summed E-state index contributed by atoms with van der Waals surface area (Å²) in [6.45, 7) is 16.7. The summed E-state index contributed by atoms with van der Waals surface area (Å²) in [4.78, 5) is 49.3. The number of carboxylic acid groups (broad SMARTS) is 2. The van der Waals surface area contributed by atoms with E-state index in [0.717, 1.165) is 12.8 Å². The molecule has 208 valence electrons. The molecule has 4 atom stereocenters. The summed E-state index contributed by atoms with van der Waals surface area (Å²) in [5, 5.41) is 18.2. The monoisotopic (exact) mass is 514 g/mol. The van der Waals surface area contributed by atoms with Gasteiger partial charge in [-0.25, -0.2) is 9.59 Å². The number of hydrogen-bond donors (Lipinski definition) is 2. The molecule has 10 heteroatoms. The average molecular weight is 515 g/mol. The second-order valence-corrected chi connectivity index (χ2v) is 11.7. The third-order valence-corrected chi connectivity index (χ3v) is 6.45. The van der Waals surface area contributed by atoms with Gasteiger partial charge in [0.1, 0.15) is 11.2 Å². The molecule has 0 aromatic rings. The fourth-order valence-corrected chi connectivity index (χ4v) is 4.53. The zero-order valence-electron chi connectivity index (χ0n) is 23.2. The van der Waals surface area contributed by atoms with Gasteiger partial charge in [-0.15, -0.1) is 0 Å². The molecule has 36 heavy (non-hydrogen) atoms. The molecule has 0 radical (unpaired) electrons. The lowest BCUT2D eigenvalue weighted by molar-refractivity contribution is -0.146. The number of piperidine rings is 2. The first kappa shape index (κ1) is 31.5. The molecule has 0 bridgehead atoms. The normalized spacial score (nSPS) is 24.8. The van der Waals surface area contributed by atoms with Crippen LogP contribution in [-0.4, -0.2) is 81.5 Å². The number of rotatable bonds is 4. The maximum atomic E-state index is 11.9. The molecule has 2 aliphatic heterocycles. The van der Waals surface area contributed by atoms with Gasteiger partial charge in [0.2, 0.25) is 0 Å². The highest BCUT2D eigenvalue weighted by molar-refractivity contribution is 5.73. The van der Waals surface area contributed by atoms with E-state index in [0.29, 0.717) is 39.0 Å². The maximum absolute atomic E-state index is 11.9. The number of hydrogen-bond acceptors (Lipinski definition) is 6. The molecule has 10 nitrogen and oxygen atoms in total. The largest absolute Gasteiger partial charge is 0.481 e. The molecule has 0 aliphatic carbocycles. The number of nitrogens with zero attached hydrogens (tertiary/aromatic N) is 2. The second kappa shape index (κ2) is 13.1. The molecular formula is C26H46N2O8. The molecule has 2 N–H and O–H groups in total. The summed E-state index contributed by atoms with van der Waals surface area (Å²) >= 11 is 0. The number of amides is 2. The third kappa shape index (κ3) is 10.2. The number of carbonyl (C=O) groups is 4. The molecule has 0 aromatic carbocycles. The molecule has 2 saturated heterocycles. The topological polar surface area (TPSA) is 134 Å². The van der Waals surface area contributed by atoms with Crippen LogP contribution < -0.4 is 0 Å². The lowest BCUT2D eigenvalue weighted by Crippen LogP contribution is -2.47. The van der Waals surface area contributed by atoms with Crippen molar-refractivity contribution in [1.82, 2.24) is 9.80 Å². The van der Waals surface area contributed by atoms with Crippen molar-refractivity contribution >= 4 is 24.1 Å². The van der Waals surface area contributed by atoms with Crippen LogP contribution in [-0.2, 0) is 19.1 Å². The van der Waals surface area contributed by atoms with E-state index in [1.165, 1.54) is 0 Å². The van der Waals surface area contributed by atoms with Crippen LogP contribution in [0.3, 0.4) is 0 Å². The van der Waals surface area contributed by atoms with Gasteiger partial charge in [-0.1, -0.05) is 26.7 Å². The lowest BCUT2D eigenvalue weighted by atomic mass is 9.84. The Morgan fingerprint density at radius 1 is 0.694 bits per heavy atom. The second-order valence-electron chi connectivity index (χ2n) is 11.7. The molecule has 2 aliphatic rings. The van der Waals surface area contributed by atoms with Crippen molar-refractivity contribution in [3.63, 3.8) is 0 Å². The molecular weight excluding hydrogens is 468 g/mol. The Balaban J connectivity index is 0.000000360. The first-order valence-corrected chi connectivity index (χ1v) is 12.9. The first-order valence-electron chi connectivity index (χ1n) is 12.9. The Hall–Kier alpha value is -2.52. The van der Waals surface area contributed by atoms with Gasteiger partial charge < -0.3 is 29.5 Å². The fraction of sp³-hybridized carbons (Fsp3) is 0.846. The molecule has 0 aromatic heterocycles. The molecule has 0 unspecified atom stereocenters. The van der Waals surface area contributed by atoms with Crippen LogP contribution >= 0.6 is 0 Å². The molecule has 2 amide bonds. The number of aliphatic carboxylic acids is 2. The van der Waals surface area contributed by atoms with Gasteiger partial charge in [-0.05, 0) is 66.2 Å². The summed E-state index contributed by atoms with van der Waals surface area (Å²) in [6.07, 6.45) is 1.85. The van der Waals surface area contributed by atoms with E-state index in [2.05, 4.69) is 0 Å². The van der Waals surface area contributed by atoms with E-state index >= 15 is 0 Å². The molecule has 0 spiro atoms. The highest BCUT2D eigenvalue weighted by atomic mass is 16.6. The molecule has 0 saturated carbocycles. The smallest absolute Gasteiger partial charge is 0.410 e. The van der Waals surface area contributed by atoms with Crippen LogP contribution in [0.1, 0.15) is 81.1 Å². The average Bonchev–Trinajstić information content (AvgIpc) is 2.76. The molecule has 2 heterocycles. The van der Waals surface area contributed by atoms with Crippen LogP contribution in [0.2, 0.25) is 0 Å². The third-order valence-electron chi connectivity index (χ3n) is 6.45. The predicted molar refractivity (Wildman–Crippen MR) is 135 cm³/mol. The van der Waals surface area contributed by atoms with E-state index in [1.807, 2.05) is 55.4 Å². The van der Waals surface area contributed by atoms with E-state index in [-0.39, 0.29) is 35.9 Å². The maximum Gasteiger partial charge on any atom is 0.410 e. The van der Waals surface area contributed by atoms with E-state index in [1.54, 1.807) is 9.80 Å². The van der Waals surface area contributed by atoms with Crippen LogP contribution in [0.25, 0.3) is 0 Å². The minimum Gasteiger partial charge on any atom is -0.481 e. The Bertz CT molecular complexity index is 707. The van der Waals surface area contributed by atoms with Crippen molar-refractivity contribution in [2.45, 2.75) is 92.3 Å². The zero-order chi connectivity index (χ0) is 27.8. The van der Waals surface area contributed by atoms with Gasteiger partial charge in [0.15, 0.2) is 0 Å². The van der Waals surface area contributed by atoms with Crippen LogP contribution in [0.4, 0.5) is 9.59 Å². The summed E-state index contributed by atoms with van der Waals surface area (Å²) < 4.78 is 10.6. The first-order chi connectivity index (χ1) is 16.5. The standard InChI is InChI=1S/2C13H23NO4/c2*1-5-9-8-14(7-6-10(9)11(15)16)12(17)18-13(2,3)4/h2*9-10H,5-8H2,1-4H3,(H,15,16)/t2*9-,10-/m10/s1. The number of likely N-dealkylation sites (tertiary alicyclic amines) is 2. The van der Waals surface area contributed by atoms with E-state index in [9.17, 15) is 19.2 Å². The van der Waals surface area contributed by atoms with Gasteiger partial charge in [-0.2, -0.15) is 0 Å². The minimum absolute atomic E-state index is 0.0174. The van der Waals surface area contributed by atoms with Crippen molar-refractivity contribution < 1.29 is 38.9 Å². The summed E-state index contributed by atoms with van der Waals surface area (Å²) in [5.74, 6) is -2.16. The van der Waals surface area contributed by atoms with Crippen molar-refractivity contribution in [3.8, 4) is 0 Å². The Morgan fingerprint density at radius 3 is 1.22 bits per heavy atom. The summed E-state index contributed by atoms with van der Waals surface area (Å²) in [7, 11) is 0. The summed E-state index contributed by atoms with van der Waals surface area (Å²) in [5.41, 5.74) is -1.02. The van der Waals surface area contributed by atoms with Gasteiger partial charge in [0.25, 0.3) is 0 Å². The zero-order valence-corrected chi connectivity index (χ0v) is 23.2. The highest BCUT2D eigenvalue weighted by Gasteiger charge is 2.37. The number of carboxylic acids is 2. The molecule has 2 rings (SSSR count). The summed E-state index contributed by atoms with van der Waals surface area (Å²) in [6, 6.07) is 0. The Morgan fingerprint density at radius 2 is 1.00 bits per heavy atom. The quantitative estimate of drug-likeness (QED) is 0.551. The van der Waals surface area contributed by atoms with Crippen LogP contribution in [0.5, 0.6) is 0 Å². The fourth-order valence-electron chi connectivity index (χ4n) is 4.53. The number of ether oxygens (including phenoxy) is 2. The van der Waals surface area contributed by atoms with Crippen molar-refractivity contribution in [2.24, 2.45) is 23.7 Å². The van der Waals surface area contributed by atoms with E-state index in [4.69, 9.17) is 19.7 Å². The van der Waals surface area contributed by atoms with Crippen molar-refractivity contribution in [2.75, 3.05) is 26.2 Å². The van der Waals surface area contributed by atoms with Crippen LogP contribution in [0.15, 0.2) is 0 Å². The van der Waals surface area contributed by atoms with Crippen molar-refractivity contribution in [1.29, 1.82) is 0 Å². The van der Waals surface area contributed by atoms with Crippen molar-refractivity contribution in [3.05, 3.63) is 0 Å². The Kier molecular flexibility index (Phi) is 11.5. The lowest BCUT2D eigenvalue weighted by Gasteiger charge is -2.37. The van der Waals surface area contributed by atoms with Gasteiger partial charge in [0, 0.05) is 26.2 Å². The van der Waals surface area contributed by atoms with E-state index < -0.39 is 23.1 Å². The predicted octanol–water partition coefficient (Wildman–Crippen LogP) is 4.71. The molecule has 2 fully saturated rings. The van der Waals surface area contributed by atoms with Gasteiger partial charge in [0.05, 0.1) is 11.8 Å². The van der Waals surface area contributed by atoms with Crippen LogP contribution in [0, 0.1) is 23.7 Å². The SMILES string of the molecule is CC[C@@H]1CN(C(=O)OC(C)(C)C)CC[C@H]1C(=O)O.CC[C@H]1CN(C(=O)OC(C)(C)C)CC[C@@H]1C(=O)O.